The van der Waals surface area contributed by atoms with Crippen LogP contribution in [0.5, 0.6) is 0 Å². The molecule has 0 bridgehead atoms. The molecule has 0 saturated heterocycles. The van der Waals surface area contributed by atoms with Gasteiger partial charge in [-0.1, -0.05) is 26.0 Å². The number of imide groups is 1. The Morgan fingerprint density at radius 1 is 0.812 bits per heavy atom. The lowest BCUT2D eigenvalue weighted by molar-refractivity contribution is 0.0507. The maximum Gasteiger partial charge on any atom is 0.262 e. The Morgan fingerprint density at radius 2 is 1.31 bits per heavy atom. The first-order valence-electron chi connectivity index (χ1n) is 10.7. The summed E-state index contributed by atoms with van der Waals surface area (Å²) in [5.41, 5.74) is 1.90. The average Bonchev–Trinajstić information content (AvgIpc) is 3.00. The summed E-state index contributed by atoms with van der Waals surface area (Å²) < 4.78 is 0. The molecule has 2 aromatic carbocycles. The van der Waals surface area contributed by atoms with Crippen molar-refractivity contribution < 1.29 is 19.2 Å². The number of carbonyl (C=O) groups is 4. The minimum absolute atomic E-state index is 0.210. The van der Waals surface area contributed by atoms with Crippen LogP contribution < -0.4 is 10.6 Å². The van der Waals surface area contributed by atoms with Crippen molar-refractivity contribution in [3.8, 4) is 0 Å². The van der Waals surface area contributed by atoms with E-state index in [4.69, 9.17) is 0 Å². The highest BCUT2D eigenvalue weighted by atomic mass is 16.2. The molecule has 1 aliphatic heterocycles. The maximum absolute atomic E-state index is 12.7. The molecule has 0 radical (unpaired) electrons. The summed E-state index contributed by atoms with van der Waals surface area (Å²) in [4.78, 5) is 51.2. The average molecular weight is 436 g/mol. The lowest BCUT2D eigenvalue weighted by Crippen LogP contribution is -2.45. The Morgan fingerprint density at radius 3 is 1.84 bits per heavy atom. The van der Waals surface area contributed by atoms with Crippen molar-refractivity contribution in [1.82, 2.24) is 15.5 Å². The molecule has 0 aliphatic carbocycles. The zero-order valence-electron chi connectivity index (χ0n) is 19.1. The van der Waals surface area contributed by atoms with Crippen LogP contribution in [0.3, 0.4) is 0 Å². The van der Waals surface area contributed by atoms with E-state index < -0.39 is 11.4 Å². The van der Waals surface area contributed by atoms with Gasteiger partial charge < -0.3 is 10.6 Å². The van der Waals surface area contributed by atoms with Crippen LogP contribution in [-0.4, -0.2) is 47.2 Å². The van der Waals surface area contributed by atoms with Crippen molar-refractivity contribution in [3.63, 3.8) is 0 Å². The highest BCUT2D eigenvalue weighted by Gasteiger charge is 2.42. The molecule has 0 atom stereocenters. The van der Waals surface area contributed by atoms with E-state index in [1.54, 1.807) is 32.9 Å². The number of fused-ring (bicyclic) bond motifs is 1. The van der Waals surface area contributed by atoms with Crippen LogP contribution in [0, 0.1) is 0 Å². The van der Waals surface area contributed by atoms with Gasteiger partial charge in [0.25, 0.3) is 23.6 Å². The second-order valence-corrected chi connectivity index (χ2v) is 9.17. The van der Waals surface area contributed by atoms with Crippen LogP contribution in [0.25, 0.3) is 0 Å². The second kappa shape index (κ2) is 8.94. The van der Waals surface area contributed by atoms with Gasteiger partial charge in [0.15, 0.2) is 0 Å². The quantitative estimate of drug-likeness (QED) is 0.537. The summed E-state index contributed by atoms with van der Waals surface area (Å²) in [5, 5.41) is 5.50. The van der Waals surface area contributed by atoms with E-state index >= 15 is 0 Å². The number of hydrogen-bond donors (Lipinski definition) is 2. The smallest absolute Gasteiger partial charge is 0.262 e. The molecule has 32 heavy (non-hydrogen) atoms. The molecule has 2 aromatic rings. The van der Waals surface area contributed by atoms with Gasteiger partial charge in [-0.25, -0.2) is 0 Å². The van der Waals surface area contributed by atoms with Crippen LogP contribution >= 0.6 is 0 Å². The fourth-order valence-electron chi connectivity index (χ4n) is 3.57. The number of nitrogens with zero attached hydrogens (tertiary/aromatic N) is 1. The number of nitrogens with one attached hydrogen (secondary N) is 2. The molecule has 4 amide bonds. The highest BCUT2D eigenvalue weighted by molar-refractivity contribution is 6.22. The van der Waals surface area contributed by atoms with Gasteiger partial charge in [0.1, 0.15) is 0 Å². The number of hydrogen-bond acceptors (Lipinski definition) is 4. The molecule has 168 valence electrons. The second-order valence-electron chi connectivity index (χ2n) is 9.17. The molecule has 7 heteroatoms. The third kappa shape index (κ3) is 4.72. The highest BCUT2D eigenvalue weighted by Crippen LogP contribution is 2.29. The van der Waals surface area contributed by atoms with E-state index in [0.29, 0.717) is 17.0 Å². The van der Waals surface area contributed by atoms with E-state index in [1.807, 2.05) is 12.1 Å². The van der Waals surface area contributed by atoms with Crippen LogP contribution in [0.15, 0.2) is 42.5 Å². The zero-order valence-corrected chi connectivity index (χ0v) is 19.1. The molecule has 0 unspecified atom stereocenters. The molecule has 0 aromatic heterocycles. The molecule has 0 fully saturated rings. The Kier molecular flexibility index (Phi) is 6.48. The van der Waals surface area contributed by atoms with Gasteiger partial charge >= 0.3 is 0 Å². The minimum atomic E-state index is -0.650. The van der Waals surface area contributed by atoms with Gasteiger partial charge in [0, 0.05) is 29.8 Å². The van der Waals surface area contributed by atoms with E-state index in [9.17, 15) is 19.2 Å². The van der Waals surface area contributed by atoms with Crippen LogP contribution in [0.1, 0.15) is 87.5 Å². The summed E-state index contributed by atoms with van der Waals surface area (Å²) in [6, 6.07) is 11.9. The predicted molar refractivity (Wildman–Crippen MR) is 122 cm³/mol. The van der Waals surface area contributed by atoms with Crippen LogP contribution in [-0.2, 0) is 0 Å². The molecular formula is C25H29N3O4. The van der Waals surface area contributed by atoms with E-state index in [2.05, 4.69) is 24.5 Å². The molecular weight excluding hydrogens is 406 g/mol. The number of amides is 4. The van der Waals surface area contributed by atoms with Gasteiger partial charge in [-0.2, -0.15) is 0 Å². The number of carbonyl (C=O) groups excluding carboxylic acids is 4. The predicted octanol–water partition coefficient (Wildman–Crippen LogP) is 3.36. The zero-order chi connectivity index (χ0) is 23.6. The largest absolute Gasteiger partial charge is 0.350 e. The van der Waals surface area contributed by atoms with Crippen LogP contribution in [0.4, 0.5) is 0 Å². The van der Waals surface area contributed by atoms with E-state index in [0.717, 1.165) is 5.56 Å². The molecule has 1 aliphatic rings. The van der Waals surface area contributed by atoms with Crippen molar-refractivity contribution in [2.45, 2.75) is 46.1 Å². The fourth-order valence-corrected chi connectivity index (χ4v) is 3.57. The summed E-state index contributed by atoms with van der Waals surface area (Å²) in [6.45, 7) is 10.0. The standard InChI is InChI=1S/C25H29N3O4/c1-15(2)16-6-8-17(9-7-16)21(29)26-12-13-27-22(30)18-10-11-19-20(14-18)24(32)28(23(19)31)25(3,4)5/h6-11,14-15H,12-13H2,1-5H3,(H,26,29)(H,27,30). The van der Waals surface area contributed by atoms with Crippen molar-refractivity contribution in [1.29, 1.82) is 0 Å². The normalized spacial score (nSPS) is 13.4. The summed E-state index contributed by atoms with van der Waals surface area (Å²) in [7, 11) is 0. The van der Waals surface area contributed by atoms with Crippen molar-refractivity contribution >= 4 is 23.6 Å². The maximum atomic E-state index is 12.7. The lowest BCUT2D eigenvalue weighted by atomic mass is 10.0. The summed E-state index contributed by atoms with van der Waals surface area (Å²) in [6.07, 6.45) is 0. The lowest BCUT2D eigenvalue weighted by Gasteiger charge is -2.29. The first-order valence-corrected chi connectivity index (χ1v) is 10.7. The third-order valence-electron chi connectivity index (χ3n) is 5.36. The summed E-state index contributed by atoms with van der Waals surface area (Å²) in [5.74, 6) is -0.945. The minimum Gasteiger partial charge on any atom is -0.350 e. The van der Waals surface area contributed by atoms with Gasteiger partial charge in [-0.3, -0.25) is 24.1 Å². The Hall–Kier alpha value is -3.48. The SMILES string of the molecule is CC(C)c1ccc(C(=O)NCCNC(=O)c2ccc3c(c2)C(=O)N(C(C)(C)C)C3=O)cc1. The molecule has 0 spiro atoms. The van der Waals surface area contributed by atoms with Gasteiger partial charge in [-0.05, 0) is 62.6 Å². The molecule has 2 N–H and O–H groups in total. The third-order valence-corrected chi connectivity index (χ3v) is 5.36. The number of rotatable bonds is 6. The van der Waals surface area contributed by atoms with Gasteiger partial charge in [-0.15, -0.1) is 0 Å². The Labute approximate surface area is 188 Å². The van der Waals surface area contributed by atoms with Crippen molar-refractivity contribution in [3.05, 3.63) is 70.3 Å². The fraction of sp³-hybridized carbons (Fsp3) is 0.360. The molecule has 0 saturated carbocycles. The molecule has 3 rings (SSSR count). The van der Waals surface area contributed by atoms with Gasteiger partial charge in [0.2, 0.25) is 0 Å². The van der Waals surface area contributed by atoms with E-state index in [-0.39, 0.29) is 41.9 Å². The monoisotopic (exact) mass is 435 g/mol. The summed E-state index contributed by atoms with van der Waals surface area (Å²) >= 11 is 0. The van der Waals surface area contributed by atoms with E-state index in [1.165, 1.54) is 23.1 Å². The molecule has 1 heterocycles. The van der Waals surface area contributed by atoms with Crippen molar-refractivity contribution in [2.75, 3.05) is 13.1 Å². The number of benzene rings is 2. The topological polar surface area (TPSA) is 95.6 Å². The van der Waals surface area contributed by atoms with Gasteiger partial charge in [0.05, 0.1) is 11.1 Å². The molecule has 7 nitrogen and oxygen atoms in total. The Bertz CT molecular complexity index is 1070. The van der Waals surface area contributed by atoms with Crippen molar-refractivity contribution in [2.24, 2.45) is 0 Å². The Balaban J connectivity index is 1.55. The first-order chi connectivity index (χ1) is 15.0. The first kappa shape index (κ1) is 23.2. The van der Waals surface area contributed by atoms with Crippen LogP contribution in [0.2, 0.25) is 0 Å².